The van der Waals surface area contributed by atoms with Gasteiger partial charge in [0.25, 0.3) is 0 Å². The van der Waals surface area contributed by atoms with Gasteiger partial charge in [-0.05, 0) is 141 Å². The van der Waals surface area contributed by atoms with Gasteiger partial charge in [-0.1, -0.05) is 44.5 Å². The summed E-state index contributed by atoms with van der Waals surface area (Å²) in [5.41, 5.74) is 4.84. The van der Waals surface area contributed by atoms with Gasteiger partial charge in [0, 0.05) is 41.3 Å². The van der Waals surface area contributed by atoms with Gasteiger partial charge < -0.3 is 19.9 Å². The Morgan fingerprint density at radius 1 is 1.14 bits per heavy atom. The van der Waals surface area contributed by atoms with Crippen LogP contribution in [-0.4, -0.2) is 58.8 Å². The number of nitrogens with zero attached hydrogens (tertiary/aromatic N) is 2. The van der Waals surface area contributed by atoms with Gasteiger partial charge in [-0.2, -0.15) is 0 Å². The number of rotatable bonds is 11. The third-order valence-corrected chi connectivity index (χ3v) is 12.5. The summed E-state index contributed by atoms with van der Waals surface area (Å²) < 4.78 is 13.2. The molecule has 2 heterocycles. The molecule has 7 nitrogen and oxygen atoms in total. The molecule has 1 aromatic heterocycles. The van der Waals surface area contributed by atoms with Crippen molar-refractivity contribution in [1.29, 1.82) is 0 Å². The first-order valence-corrected chi connectivity index (χ1v) is 19.0. The van der Waals surface area contributed by atoms with E-state index >= 15 is 0 Å². The SMILES string of the molecule is CCN1CCC(Oc2ccc3c(c2)C2(CCC(Nc4cccc(Cl)c4)(C(=O)O)CC2)[C@@H](C[C@@H](C)COc2ccnc4c2[C@H](C)CCC4)C3)C1. The molecule has 2 fully saturated rings. The largest absolute Gasteiger partial charge is 0.493 e. The zero-order valence-electron chi connectivity index (χ0n) is 29.3. The van der Waals surface area contributed by atoms with Gasteiger partial charge in [-0.3, -0.25) is 9.88 Å². The van der Waals surface area contributed by atoms with Crippen molar-refractivity contribution in [2.45, 2.75) is 108 Å². The number of aryl methyl sites for hydroxylation is 1. The molecule has 1 saturated carbocycles. The molecule has 4 aliphatic rings. The van der Waals surface area contributed by atoms with Gasteiger partial charge in [0.15, 0.2) is 0 Å². The minimum atomic E-state index is -1.04. The van der Waals surface area contributed by atoms with Crippen molar-refractivity contribution in [2.75, 3.05) is 31.6 Å². The van der Waals surface area contributed by atoms with Crippen molar-refractivity contribution in [1.82, 2.24) is 9.88 Å². The van der Waals surface area contributed by atoms with Gasteiger partial charge in [0.2, 0.25) is 0 Å². The number of aliphatic carboxylic acids is 1. The standard InChI is InChI=1S/C41H52ClN3O4/c1-4-45-20-14-34(25-45)49-33-12-11-29-22-30(21-27(2)26-48-37-13-19-43-36-10-5-7-28(3)38(36)37)40(35(29)24-33)15-17-41(18-16-40,39(46)47)44-32-9-6-8-31(42)23-32/h6,8-9,11-13,19,23-24,27-28,30,34,44H,4-5,7,10,14-18,20-22,25-26H2,1-3H3,(H,46,47)/t27-,28-,30+,34?,40?,41?/m1/s1. The second kappa shape index (κ2) is 14.1. The molecule has 49 heavy (non-hydrogen) atoms. The molecule has 3 aromatic rings. The number of carboxylic acids is 1. The van der Waals surface area contributed by atoms with Crippen molar-refractivity contribution in [3.63, 3.8) is 0 Å². The number of anilines is 1. The lowest BCUT2D eigenvalue weighted by molar-refractivity contribution is -0.144. The van der Waals surface area contributed by atoms with E-state index in [0.717, 1.165) is 75.3 Å². The Hall–Kier alpha value is -3.29. The van der Waals surface area contributed by atoms with Gasteiger partial charge in [0.05, 0.1) is 6.61 Å². The molecule has 1 spiro atoms. The lowest BCUT2D eigenvalue weighted by atomic mass is 9.59. The van der Waals surface area contributed by atoms with Crippen LogP contribution in [0, 0.1) is 11.8 Å². The maximum atomic E-state index is 13.0. The summed E-state index contributed by atoms with van der Waals surface area (Å²) >= 11 is 6.29. The second-order valence-corrected chi connectivity index (χ2v) is 15.9. The minimum absolute atomic E-state index is 0.118. The third kappa shape index (κ3) is 6.90. The number of carboxylic acid groups (broad SMARTS) is 1. The van der Waals surface area contributed by atoms with Crippen molar-refractivity contribution in [2.24, 2.45) is 11.8 Å². The summed E-state index contributed by atoms with van der Waals surface area (Å²) in [6, 6.07) is 16.2. The number of carbonyl (C=O) groups is 1. The molecule has 0 radical (unpaired) electrons. The molecular weight excluding hydrogens is 634 g/mol. The number of ether oxygens (including phenoxy) is 2. The van der Waals surface area contributed by atoms with E-state index in [-0.39, 0.29) is 11.5 Å². The van der Waals surface area contributed by atoms with E-state index in [1.165, 1.54) is 35.2 Å². The van der Waals surface area contributed by atoms with E-state index in [1.54, 1.807) is 0 Å². The van der Waals surface area contributed by atoms with Gasteiger partial charge in [-0.25, -0.2) is 4.79 Å². The Kier molecular flexibility index (Phi) is 9.86. The molecule has 7 rings (SSSR count). The van der Waals surface area contributed by atoms with Gasteiger partial charge in [0.1, 0.15) is 23.1 Å². The first-order chi connectivity index (χ1) is 23.7. The lowest BCUT2D eigenvalue weighted by Crippen LogP contribution is -2.53. The zero-order chi connectivity index (χ0) is 34.2. The monoisotopic (exact) mass is 685 g/mol. The van der Waals surface area contributed by atoms with E-state index in [1.807, 2.05) is 36.5 Å². The average molecular weight is 686 g/mol. The lowest BCUT2D eigenvalue weighted by Gasteiger charge is -2.47. The van der Waals surface area contributed by atoms with Crippen LogP contribution in [0.3, 0.4) is 0 Å². The number of likely N-dealkylation sites (N-methyl/N-ethyl adjacent to an activating group) is 1. The van der Waals surface area contributed by atoms with E-state index < -0.39 is 11.5 Å². The molecule has 1 unspecified atom stereocenters. The molecule has 2 N–H and O–H groups in total. The van der Waals surface area contributed by atoms with Gasteiger partial charge in [-0.15, -0.1) is 0 Å². The minimum Gasteiger partial charge on any atom is -0.493 e. The summed E-state index contributed by atoms with van der Waals surface area (Å²) in [5.74, 6) is 2.35. The number of fused-ring (bicyclic) bond motifs is 3. The quantitative estimate of drug-likeness (QED) is 0.209. The predicted molar refractivity (Wildman–Crippen MR) is 195 cm³/mol. The fraction of sp³-hybridized carbons (Fsp3) is 0.561. The fourth-order valence-electron chi connectivity index (χ4n) is 9.52. The molecule has 262 valence electrons. The maximum Gasteiger partial charge on any atom is 0.329 e. The Balaban J connectivity index is 1.13. The molecule has 1 aliphatic heterocycles. The van der Waals surface area contributed by atoms with Crippen LogP contribution in [0.25, 0.3) is 0 Å². The summed E-state index contributed by atoms with van der Waals surface area (Å²) in [6.45, 7) is 10.6. The molecule has 2 aromatic carbocycles. The Bertz CT molecular complexity index is 1650. The molecule has 4 atom stereocenters. The van der Waals surface area contributed by atoms with Crippen molar-refractivity contribution >= 4 is 23.3 Å². The van der Waals surface area contributed by atoms with E-state index in [9.17, 15) is 9.90 Å². The summed E-state index contributed by atoms with van der Waals surface area (Å²) in [7, 11) is 0. The number of aromatic nitrogens is 1. The van der Waals surface area contributed by atoms with Crippen molar-refractivity contribution in [3.05, 3.63) is 82.1 Å². The third-order valence-electron chi connectivity index (χ3n) is 12.2. The number of pyridine rings is 1. The highest BCUT2D eigenvalue weighted by Gasteiger charge is 2.54. The number of likely N-dealkylation sites (tertiary alicyclic amines) is 1. The molecule has 1 saturated heterocycles. The molecule has 0 bridgehead atoms. The number of benzene rings is 2. The zero-order valence-corrected chi connectivity index (χ0v) is 30.1. The van der Waals surface area contributed by atoms with Crippen LogP contribution in [0.5, 0.6) is 11.5 Å². The van der Waals surface area contributed by atoms with E-state index in [2.05, 4.69) is 54.2 Å². The topological polar surface area (TPSA) is 83.9 Å². The Morgan fingerprint density at radius 2 is 1.98 bits per heavy atom. The normalized spacial score (nSPS) is 28.5. The Labute approximate surface area is 296 Å². The van der Waals surface area contributed by atoms with E-state index in [4.69, 9.17) is 21.1 Å². The van der Waals surface area contributed by atoms with Crippen LogP contribution < -0.4 is 14.8 Å². The van der Waals surface area contributed by atoms with Crippen LogP contribution in [0.15, 0.2) is 54.7 Å². The molecular formula is C41H52ClN3O4. The smallest absolute Gasteiger partial charge is 0.329 e. The molecule has 8 heteroatoms. The number of hydrogen-bond acceptors (Lipinski definition) is 6. The molecule has 3 aliphatic carbocycles. The highest BCUT2D eigenvalue weighted by atomic mass is 35.5. The summed E-state index contributed by atoms with van der Waals surface area (Å²) in [6.07, 6.45) is 11.2. The first-order valence-electron chi connectivity index (χ1n) is 18.6. The summed E-state index contributed by atoms with van der Waals surface area (Å²) in [5, 5.41) is 14.7. The van der Waals surface area contributed by atoms with E-state index in [0.29, 0.717) is 42.2 Å². The predicted octanol–water partition coefficient (Wildman–Crippen LogP) is 8.67. The molecule has 0 amide bonds. The summed E-state index contributed by atoms with van der Waals surface area (Å²) in [4.78, 5) is 20.1. The van der Waals surface area contributed by atoms with Crippen LogP contribution >= 0.6 is 11.6 Å². The number of hydrogen-bond donors (Lipinski definition) is 2. The average Bonchev–Trinajstić information content (AvgIpc) is 3.66. The second-order valence-electron chi connectivity index (χ2n) is 15.4. The van der Waals surface area contributed by atoms with Crippen molar-refractivity contribution < 1.29 is 19.4 Å². The van der Waals surface area contributed by atoms with Crippen LogP contribution in [0.2, 0.25) is 5.02 Å². The van der Waals surface area contributed by atoms with Crippen molar-refractivity contribution in [3.8, 4) is 11.5 Å². The Morgan fingerprint density at radius 3 is 2.73 bits per heavy atom. The first kappa shape index (κ1) is 34.2. The highest BCUT2D eigenvalue weighted by Crippen LogP contribution is 2.57. The number of halogens is 1. The van der Waals surface area contributed by atoms with Gasteiger partial charge >= 0.3 is 5.97 Å². The maximum absolute atomic E-state index is 13.0. The van der Waals surface area contributed by atoms with Crippen LogP contribution in [0.1, 0.15) is 100 Å². The van der Waals surface area contributed by atoms with Crippen LogP contribution in [-0.2, 0) is 23.1 Å². The van der Waals surface area contributed by atoms with Crippen LogP contribution in [0.4, 0.5) is 5.69 Å². The highest BCUT2D eigenvalue weighted by molar-refractivity contribution is 6.30. The fourth-order valence-corrected chi connectivity index (χ4v) is 9.71. The number of nitrogens with one attached hydrogen (secondary N) is 1.